The van der Waals surface area contributed by atoms with Crippen molar-refractivity contribution in [3.8, 4) is 11.4 Å². The Morgan fingerprint density at radius 1 is 0.921 bits per heavy atom. The third-order valence-corrected chi connectivity index (χ3v) is 8.54. The van der Waals surface area contributed by atoms with Crippen molar-refractivity contribution in [3.05, 3.63) is 107 Å². The molecule has 0 aliphatic rings. The molecule has 3 aromatic heterocycles. The van der Waals surface area contributed by atoms with E-state index in [9.17, 15) is 5.11 Å². The number of fused-ring (bicyclic) bond motifs is 1. The van der Waals surface area contributed by atoms with E-state index in [1.807, 2.05) is 77.6 Å². The number of aliphatic hydroxyl groups is 1. The number of halogens is 1. The number of ether oxygens (including phenoxy) is 1. The molecule has 0 amide bonds. The molecule has 5 aromatic rings. The Balaban J connectivity index is 1.50. The van der Waals surface area contributed by atoms with Crippen LogP contribution >= 0.6 is 11.6 Å². The van der Waals surface area contributed by atoms with Crippen LogP contribution in [-0.2, 0) is 18.0 Å². The van der Waals surface area contributed by atoms with Gasteiger partial charge in [-0.05, 0) is 41.9 Å². The minimum Gasteiger partial charge on any atom is -0.380 e. The van der Waals surface area contributed by atoms with Gasteiger partial charge in [-0.1, -0.05) is 67.6 Å². The standard InChI is InChI=1S/C30H33ClN4O2Si/c1-38(2,3)17-16-37-21-35-20-27(26-9-6-7-15-32-26)33-30(35)29(36)25-19-34(28-10-5-4-8-24(25)28)18-22-11-13-23(31)14-12-22/h4-15,19-20,29,36H,16-18,21H2,1-3H3. The van der Waals surface area contributed by atoms with E-state index in [1.165, 1.54) is 0 Å². The molecule has 0 radical (unpaired) electrons. The van der Waals surface area contributed by atoms with Crippen molar-refractivity contribution in [2.75, 3.05) is 6.61 Å². The van der Waals surface area contributed by atoms with Crippen LogP contribution < -0.4 is 0 Å². The molecule has 8 heteroatoms. The van der Waals surface area contributed by atoms with Gasteiger partial charge in [-0.25, -0.2) is 4.98 Å². The maximum Gasteiger partial charge on any atom is 0.145 e. The maximum atomic E-state index is 11.7. The first kappa shape index (κ1) is 26.4. The van der Waals surface area contributed by atoms with E-state index in [1.54, 1.807) is 6.20 Å². The van der Waals surface area contributed by atoms with E-state index in [0.717, 1.165) is 33.8 Å². The molecule has 0 saturated carbocycles. The lowest BCUT2D eigenvalue weighted by Gasteiger charge is -2.17. The molecule has 196 valence electrons. The van der Waals surface area contributed by atoms with Gasteiger partial charge < -0.3 is 19.0 Å². The molecule has 0 fully saturated rings. The number of hydrogen-bond donors (Lipinski definition) is 1. The number of rotatable bonds is 10. The number of pyridine rings is 1. The summed E-state index contributed by atoms with van der Waals surface area (Å²) in [5.41, 5.74) is 4.44. The molecule has 1 N–H and O–H groups in total. The summed E-state index contributed by atoms with van der Waals surface area (Å²) in [4.78, 5) is 9.31. The first-order valence-electron chi connectivity index (χ1n) is 12.8. The number of hydrogen-bond acceptors (Lipinski definition) is 4. The first-order valence-corrected chi connectivity index (χ1v) is 16.9. The second-order valence-corrected chi connectivity index (χ2v) is 16.8. The number of aliphatic hydroxyl groups excluding tert-OH is 1. The summed E-state index contributed by atoms with van der Waals surface area (Å²) < 4.78 is 10.1. The summed E-state index contributed by atoms with van der Waals surface area (Å²) in [5.74, 6) is 0.535. The van der Waals surface area contributed by atoms with Gasteiger partial charge in [0.05, 0.1) is 5.69 Å². The van der Waals surface area contributed by atoms with Gasteiger partial charge in [-0.3, -0.25) is 4.98 Å². The molecule has 3 heterocycles. The van der Waals surface area contributed by atoms with Crippen LogP contribution in [-0.4, -0.2) is 38.9 Å². The predicted octanol–water partition coefficient (Wildman–Crippen LogP) is 7.00. The largest absolute Gasteiger partial charge is 0.380 e. The van der Waals surface area contributed by atoms with Crippen molar-refractivity contribution in [3.63, 3.8) is 0 Å². The lowest BCUT2D eigenvalue weighted by molar-refractivity contribution is 0.0787. The van der Waals surface area contributed by atoms with E-state index >= 15 is 0 Å². The summed E-state index contributed by atoms with van der Waals surface area (Å²) in [5, 5.41) is 13.5. The van der Waals surface area contributed by atoms with Crippen LogP contribution in [0.1, 0.15) is 23.1 Å². The first-order chi connectivity index (χ1) is 18.3. The molecule has 0 bridgehead atoms. The van der Waals surface area contributed by atoms with Crippen LogP contribution in [0.3, 0.4) is 0 Å². The highest BCUT2D eigenvalue weighted by molar-refractivity contribution is 6.76. The van der Waals surface area contributed by atoms with Crippen molar-refractivity contribution in [1.29, 1.82) is 0 Å². The third kappa shape index (κ3) is 6.08. The van der Waals surface area contributed by atoms with Crippen LogP contribution in [0, 0.1) is 0 Å². The Morgan fingerprint density at radius 3 is 2.42 bits per heavy atom. The number of nitrogens with zero attached hydrogens (tertiary/aromatic N) is 4. The van der Waals surface area contributed by atoms with Gasteiger partial charge in [0.25, 0.3) is 0 Å². The molecule has 0 aliphatic heterocycles. The highest BCUT2D eigenvalue weighted by Crippen LogP contribution is 2.32. The quantitative estimate of drug-likeness (QED) is 0.152. The zero-order chi connectivity index (χ0) is 26.7. The molecule has 2 aromatic carbocycles. The average molecular weight is 545 g/mol. The summed E-state index contributed by atoms with van der Waals surface area (Å²) in [6.07, 6.45) is 4.75. The molecule has 6 nitrogen and oxygen atoms in total. The summed E-state index contributed by atoms with van der Waals surface area (Å²) in [7, 11) is -1.21. The average Bonchev–Trinajstić information content (AvgIpc) is 3.50. The van der Waals surface area contributed by atoms with Crippen LogP contribution in [0.15, 0.2) is 85.3 Å². The molecule has 0 spiro atoms. The minimum absolute atomic E-state index is 0.320. The van der Waals surface area contributed by atoms with Gasteiger partial charge >= 0.3 is 0 Å². The fourth-order valence-corrected chi connectivity index (χ4v) is 5.36. The maximum absolute atomic E-state index is 11.7. The second-order valence-electron chi connectivity index (χ2n) is 10.8. The normalized spacial score (nSPS) is 12.8. The van der Waals surface area contributed by atoms with E-state index in [-0.39, 0.29) is 0 Å². The Kier molecular flexibility index (Phi) is 7.81. The summed E-state index contributed by atoms with van der Waals surface area (Å²) in [6.45, 7) is 8.67. The fraction of sp³-hybridized carbons (Fsp3) is 0.267. The van der Waals surface area contributed by atoms with Gasteiger partial charge in [0.1, 0.15) is 24.4 Å². The number of imidazole rings is 1. The molecular formula is C30H33ClN4O2Si. The molecular weight excluding hydrogens is 512 g/mol. The molecule has 38 heavy (non-hydrogen) atoms. The SMILES string of the molecule is C[Si](C)(C)CCOCn1cc(-c2ccccn2)nc1C(O)c1cn(Cc2ccc(Cl)cc2)c2ccccc12. The number of aromatic nitrogens is 4. The predicted molar refractivity (Wildman–Crippen MR) is 156 cm³/mol. The number of benzene rings is 2. The van der Waals surface area contributed by atoms with E-state index in [4.69, 9.17) is 21.3 Å². The van der Waals surface area contributed by atoms with Crippen molar-refractivity contribution in [2.24, 2.45) is 0 Å². The van der Waals surface area contributed by atoms with E-state index in [0.29, 0.717) is 36.4 Å². The third-order valence-electron chi connectivity index (χ3n) is 6.59. The van der Waals surface area contributed by atoms with Crippen LogP contribution in [0.5, 0.6) is 0 Å². The highest BCUT2D eigenvalue weighted by atomic mass is 35.5. The lowest BCUT2D eigenvalue weighted by Crippen LogP contribution is -2.22. The van der Waals surface area contributed by atoms with Crippen molar-refractivity contribution >= 4 is 30.6 Å². The monoisotopic (exact) mass is 544 g/mol. The van der Waals surface area contributed by atoms with Gasteiger partial charge in [-0.15, -0.1) is 0 Å². The van der Waals surface area contributed by atoms with Gasteiger partial charge in [0.2, 0.25) is 0 Å². The molecule has 1 unspecified atom stereocenters. The molecule has 5 rings (SSSR count). The fourth-order valence-electron chi connectivity index (χ4n) is 4.48. The Hall–Kier alpha value is -3.23. The van der Waals surface area contributed by atoms with Crippen molar-refractivity contribution < 1.29 is 9.84 Å². The van der Waals surface area contributed by atoms with Gasteiger partial charge in [-0.2, -0.15) is 0 Å². The van der Waals surface area contributed by atoms with Crippen LogP contribution in [0.2, 0.25) is 30.7 Å². The van der Waals surface area contributed by atoms with Crippen LogP contribution in [0.4, 0.5) is 0 Å². The Labute approximate surface area is 229 Å². The summed E-state index contributed by atoms with van der Waals surface area (Å²) in [6, 6.07) is 22.8. The summed E-state index contributed by atoms with van der Waals surface area (Å²) >= 11 is 6.09. The Morgan fingerprint density at radius 2 is 1.68 bits per heavy atom. The van der Waals surface area contributed by atoms with E-state index < -0.39 is 14.2 Å². The van der Waals surface area contributed by atoms with E-state index in [2.05, 4.69) is 35.3 Å². The van der Waals surface area contributed by atoms with Crippen LogP contribution in [0.25, 0.3) is 22.3 Å². The highest BCUT2D eigenvalue weighted by Gasteiger charge is 2.24. The van der Waals surface area contributed by atoms with Gasteiger partial charge in [0, 0.05) is 61.3 Å². The zero-order valence-corrected chi connectivity index (χ0v) is 23.8. The second kappa shape index (κ2) is 11.3. The number of para-hydroxylation sites is 1. The van der Waals surface area contributed by atoms with Crippen molar-refractivity contribution in [2.45, 2.75) is 45.1 Å². The Bertz CT molecular complexity index is 1510. The van der Waals surface area contributed by atoms with Crippen molar-refractivity contribution in [1.82, 2.24) is 19.1 Å². The topological polar surface area (TPSA) is 65.1 Å². The lowest BCUT2D eigenvalue weighted by atomic mass is 10.1. The van der Waals surface area contributed by atoms with Gasteiger partial charge in [0.15, 0.2) is 0 Å². The zero-order valence-electron chi connectivity index (χ0n) is 22.0. The smallest absolute Gasteiger partial charge is 0.145 e. The minimum atomic E-state index is -1.21. The molecule has 0 saturated heterocycles. The molecule has 0 aliphatic carbocycles. The molecule has 1 atom stereocenters.